The van der Waals surface area contributed by atoms with Crippen molar-refractivity contribution < 1.29 is 14.0 Å². The summed E-state index contributed by atoms with van der Waals surface area (Å²) in [6.45, 7) is 8.87. The lowest BCUT2D eigenvalue weighted by atomic mass is 10.0. The first-order chi connectivity index (χ1) is 15.1. The molecule has 0 spiro atoms. The number of hydrogen-bond acceptors (Lipinski definition) is 5. The minimum Gasteiger partial charge on any atom is -0.383 e. The maximum Gasteiger partial charge on any atom is 0.214 e. The van der Waals surface area contributed by atoms with Crippen LogP contribution in [0.3, 0.4) is 0 Å². The van der Waals surface area contributed by atoms with E-state index in [-0.39, 0.29) is 11.9 Å². The third kappa shape index (κ3) is 4.45. The van der Waals surface area contributed by atoms with E-state index >= 15 is 0 Å². The zero-order valence-corrected chi connectivity index (χ0v) is 18.4. The van der Waals surface area contributed by atoms with Crippen LogP contribution in [0.4, 0.5) is 10.1 Å². The highest BCUT2D eigenvalue weighted by Crippen LogP contribution is 2.24. The Hall–Kier alpha value is -2.84. The summed E-state index contributed by atoms with van der Waals surface area (Å²) in [5, 5.41) is 12.3. The van der Waals surface area contributed by atoms with Gasteiger partial charge in [0.25, 0.3) is 0 Å². The lowest BCUT2D eigenvalue weighted by Crippen LogP contribution is -3.15. The SMILES string of the molecule is COCCn1nnnc1[C@@H](c1ccccc1F)[NH+]1CCN(c2cccc(C)c2C)CC1. The van der Waals surface area contributed by atoms with Crippen LogP contribution in [0.15, 0.2) is 42.5 Å². The summed E-state index contributed by atoms with van der Waals surface area (Å²) in [7, 11) is 1.65. The van der Waals surface area contributed by atoms with Crippen LogP contribution in [0, 0.1) is 19.7 Å². The standard InChI is InChI=1S/C23H29FN6O/c1-17-7-6-10-21(18(17)2)28-11-13-29(14-12-28)22(19-8-4-5-9-20(19)24)23-25-26-27-30(23)15-16-31-3/h4-10,22H,11-16H2,1-3H3/p+1/t22-/m1/s1. The number of anilines is 1. The molecule has 7 nitrogen and oxygen atoms in total. The summed E-state index contributed by atoms with van der Waals surface area (Å²) in [5.41, 5.74) is 4.53. The summed E-state index contributed by atoms with van der Waals surface area (Å²) in [6, 6.07) is 13.1. The molecule has 1 aromatic heterocycles. The molecule has 1 aliphatic rings. The minimum absolute atomic E-state index is 0.224. The number of halogens is 1. The van der Waals surface area contributed by atoms with Crippen LogP contribution in [-0.4, -0.2) is 60.1 Å². The predicted octanol–water partition coefficient (Wildman–Crippen LogP) is 1.57. The topological polar surface area (TPSA) is 60.5 Å². The van der Waals surface area contributed by atoms with Crippen molar-refractivity contribution >= 4 is 5.69 Å². The van der Waals surface area contributed by atoms with Crippen LogP contribution in [0.2, 0.25) is 0 Å². The van der Waals surface area contributed by atoms with Crippen LogP contribution in [0.5, 0.6) is 0 Å². The molecule has 1 fully saturated rings. The third-order valence-corrected chi connectivity index (χ3v) is 6.27. The van der Waals surface area contributed by atoms with Crippen LogP contribution in [0.1, 0.15) is 28.6 Å². The molecule has 1 aliphatic heterocycles. The first kappa shape index (κ1) is 21.4. The summed E-state index contributed by atoms with van der Waals surface area (Å²) in [4.78, 5) is 3.69. The van der Waals surface area contributed by atoms with Gasteiger partial charge in [-0.3, -0.25) is 0 Å². The number of rotatable bonds is 7. The second kappa shape index (κ2) is 9.53. The third-order valence-electron chi connectivity index (χ3n) is 6.27. The number of nitrogens with one attached hydrogen (secondary N) is 1. The number of nitrogens with zero attached hydrogens (tertiary/aromatic N) is 5. The van der Waals surface area contributed by atoms with Gasteiger partial charge < -0.3 is 14.5 Å². The van der Waals surface area contributed by atoms with Crippen molar-refractivity contribution in [1.29, 1.82) is 0 Å². The molecule has 164 valence electrons. The molecule has 3 aromatic rings. The molecule has 0 unspecified atom stereocenters. The van der Waals surface area contributed by atoms with Gasteiger partial charge in [-0.1, -0.05) is 24.3 Å². The van der Waals surface area contributed by atoms with Crippen LogP contribution >= 0.6 is 0 Å². The molecule has 8 heteroatoms. The van der Waals surface area contributed by atoms with Gasteiger partial charge in [0.15, 0.2) is 6.04 Å². The van der Waals surface area contributed by atoms with Crippen LogP contribution in [0.25, 0.3) is 0 Å². The highest BCUT2D eigenvalue weighted by molar-refractivity contribution is 5.56. The number of hydrogen-bond donors (Lipinski definition) is 1. The van der Waals surface area contributed by atoms with Gasteiger partial charge in [-0.05, 0) is 53.6 Å². The minimum atomic E-state index is -0.270. The molecule has 1 saturated heterocycles. The fraction of sp³-hybridized carbons (Fsp3) is 0.435. The van der Waals surface area contributed by atoms with E-state index in [0.717, 1.165) is 26.2 Å². The summed E-state index contributed by atoms with van der Waals surface area (Å²) in [6.07, 6.45) is 0. The Labute approximate surface area is 182 Å². The predicted molar refractivity (Wildman–Crippen MR) is 117 cm³/mol. The lowest BCUT2D eigenvalue weighted by Gasteiger charge is -2.38. The zero-order valence-electron chi connectivity index (χ0n) is 18.4. The van der Waals surface area contributed by atoms with Crippen molar-refractivity contribution in [1.82, 2.24) is 20.2 Å². The molecule has 2 heterocycles. The van der Waals surface area contributed by atoms with Gasteiger partial charge >= 0.3 is 0 Å². The normalized spacial score (nSPS) is 15.9. The van der Waals surface area contributed by atoms with E-state index in [1.807, 2.05) is 12.1 Å². The second-order valence-electron chi connectivity index (χ2n) is 8.07. The number of benzene rings is 2. The molecule has 0 radical (unpaired) electrons. The molecule has 31 heavy (non-hydrogen) atoms. The molecule has 0 bridgehead atoms. The van der Waals surface area contributed by atoms with Crippen molar-refractivity contribution in [3.05, 3.63) is 70.8 Å². The number of quaternary nitrogens is 1. The largest absolute Gasteiger partial charge is 0.383 e. The van der Waals surface area contributed by atoms with Crippen LogP contribution in [-0.2, 0) is 11.3 Å². The van der Waals surface area contributed by atoms with Crippen molar-refractivity contribution in [3.63, 3.8) is 0 Å². The van der Waals surface area contributed by atoms with Crippen LogP contribution < -0.4 is 9.80 Å². The number of aryl methyl sites for hydroxylation is 1. The smallest absolute Gasteiger partial charge is 0.214 e. The van der Waals surface area contributed by atoms with E-state index in [1.54, 1.807) is 17.9 Å². The maximum atomic E-state index is 14.9. The molecule has 0 amide bonds. The monoisotopic (exact) mass is 425 g/mol. The highest BCUT2D eigenvalue weighted by Gasteiger charge is 2.36. The van der Waals surface area contributed by atoms with E-state index in [2.05, 4.69) is 52.5 Å². The Morgan fingerprint density at radius 3 is 2.61 bits per heavy atom. The first-order valence-corrected chi connectivity index (χ1v) is 10.7. The summed E-state index contributed by atoms with van der Waals surface area (Å²) in [5.74, 6) is 0.454. The Kier molecular flexibility index (Phi) is 6.58. The van der Waals surface area contributed by atoms with Gasteiger partial charge in [0.05, 0.1) is 44.9 Å². The fourth-order valence-electron chi connectivity index (χ4n) is 4.41. The summed E-state index contributed by atoms with van der Waals surface area (Å²) < 4.78 is 21.8. The number of aromatic nitrogens is 4. The molecule has 0 saturated carbocycles. The number of tetrazole rings is 1. The van der Waals surface area contributed by atoms with E-state index < -0.39 is 0 Å². The van der Waals surface area contributed by atoms with Gasteiger partial charge in [0, 0.05) is 12.8 Å². The quantitative estimate of drug-likeness (QED) is 0.623. The Morgan fingerprint density at radius 2 is 1.87 bits per heavy atom. The van der Waals surface area contributed by atoms with Gasteiger partial charge in [0.2, 0.25) is 5.82 Å². The zero-order chi connectivity index (χ0) is 21.8. The molecular formula is C23H30FN6O+. The molecular weight excluding hydrogens is 395 g/mol. The Bertz CT molecular complexity index is 1010. The van der Waals surface area contributed by atoms with E-state index in [9.17, 15) is 4.39 Å². The van der Waals surface area contributed by atoms with Crippen molar-refractivity contribution in [2.75, 3.05) is 44.8 Å². The number of ether oxygens (including phenoxy) is 1. The molecule has 4 rings (SSSR count). The van der Waals surface area contributed by atoms with Crippen molar-refractivity contribution in [3.8, 4) is 0 Å². The Morgan fingerprint density at radius 1 is 1.10 bits per heavy atom. The molecule has 1 atom stereocenters. The van der Waals surface area contributed by atoms with Gasteiger partial charge in [-0.15, -0.1) is 5.10 Å². The average molecular weight is 426 g/mol. The van der Waals surface area contributed by atoms with E-state index in [1.165, 1.54) is 27.8 Å². The highest BCUT2D eigenvalue weighted by atomic mass is 19.1. The summed E-state index contributed by atoms with van der Waals surface area (Å²) >= 11 is 0. The van der Waals surface area contributed by atoms with Gasteiger partial charge in [-0.25, -0.2) is 9.07 Å². The molecule has 0 aliphatic carbocycles. The average Bonchev–Trinajstić information content (AvgIpc) is 3.24. The van der Waals surface area contributed by atoms with E-state index in [4.69, 9.17) is 4.74 Å². The Balaban J connectivity index is 1.61. The van der Waals surface area contributed by atoms with Gasteiger partial charge in [-0.2, -0.15) is 0 Å². The maximum absolute atomic E-state index is 14.9. The first-order valence-electron chi connectivity index (χ1n) is 10.7. The number of methoxy groups -OCH3 is 1. The molecule has 1 N–H and O–H groups in total. The van der Waals surface area contributed by atoms with Crippen molar-refractivity contribution in [2.24, 2.45) is 0 Å². The lowest BCUT2D eigenvalue weighted by molar-refractivity contribution is -0.927. The van der Waals surface area contributed by atoms with Gasteiger partial charge in [0.1, 0.15) is 5.82 Å². The number of piperazine rings is 1. The van der Waals surface area contributed by atoms with Crippen molar-refractivity contribution in [2.45, 2.75) is 26.4 Å². The molecule has 2 aromatic carbocycles. The van der Waals surface area contributed by atoms with E-state index in [0.29, 0.717) is 24.5 Å². The fourth-order valence-corrected chi connectivity index (χ4v) is 4.41. The second-order valence-corrected chi connectivity index (χ2v) is 8.07.